The zero-order valence-corrected chi connectivity index (χ0v) is 17.0. The molecular formula is C22H24N6O. The van der Waals surface area contributed by atoms with Gasteiger partial charge < -0.3 is 4.74 Å². The number of aromatic nitrogens is 6. The number of hydrogen-bond donors (Lipinski definition) is 0. The van der Waals surface area contributed by atoms with E-state index in [-0.39, 0.29) is 0 Å². The molecule has 0 atom stereocenters. The molecule has 0 N–H and O–H groups in total. The molecule has 0 bridgehead atoms. The van der Waals surface area contributed by atoms with Gasteiger partial charge >= 0.3 is 0 Å². The highest BCUT2D eigenvalue weighted by Gasteiger charge is 2.18. The fourth-order valence-corrected chi connectivity index (χ4v) is 4.03. The molecule has 0 saturated heterocycles. The average Bonchev–Trinajstić information content (AvgIpc) is 3.45. The van der Waals surface area contributed by atoms with Gasteiger partial charge in [0.25, 0.3) is 0 Å². The second kappa shape index (κ2) is 6.99. The highest BCUT2D eigenvalue weighted by atomic mass is 16.5. The minimum absolute atomic E-state index is 0.306. The van der Waals surface area contributed by atoms with Crippen LogP contribution in [-0.4, -0.2) is 36.0 Å². The van der Waals surface area contributed by atoms with E-state index in [2.05, 4.69) is 53.5 Å². The summed E-state index contributed by atoms with van der Waals surface area (Å²) in [5.41, 5.74) is 6.47. The van der Waals surface area contributed by atoms with E-state index in [0.717, 1.165) is 59.9 Å². The Morgan fingerprint density at radius 1 is 1.17 bits per heavy atom. The highest BCUT2D eigenvalue weighted by molar-refractivity contribution is 5.77. The van der Waals surface area contributed by atoms with Crippen LogP contribution in [-0.2, 0) is 19.3 Å². The fourth-order valence-electron chi connectivity index (χ4n) is 4.03. The number of benzene rings is 1. The molecule has 3 aromatic heterocycles. The van der Waals surface area contributed by atoms with E-state index in [1.54, 1.807) is 6.33 Å². The van der Waals surface area contributed by atoms with Crippen LogP contribution in [0.4, 0.5) is 0 Å². The molecule has 0 amide bonds. The van der Waals surface area contributed by atoms with E-state index in [1.807, 2.05) is 22.2 Å². The smallest absolute Gasteiger partial charge is 0.171 e. The lowest BCUT2D eigenvalue weighted by Crippen LogP contribution is -2.05. The van der Waals surface area contributed by atoms with E-state index < -0.39 is 0 Å². The molecule has 0 radical (unpaired) electrons. The zero-order valence-electron chi connectivity index (χ0n) is 17.0. The summed E-state index contributed by atoms with van der Waals surface area (Å²) in [6.07, 6.45) is 8.44. The number of aryl methyl sites for hydroxylation is 3. The van der Waals surface area contributed by atoms with Gasteiger partial charge in [0.05, 0.1) is 12.3 Å². The summed E-state index contributed by atoms with van der Waals surface area (Å²) < 4.78 is 9.67. The van der Waals surface area contributed by atoms with E-state index in [1.165, 1.54) is 11.1 Å². The first kappa shape index (κ1) is 17.8. The molecular weight excluding hydrogens is 364 g/mol. The first-order chi connectivity index (χ1) is 14.1. The van der Waals surface area contributed by atoms with Gasteiger partial charge in [-0.05, 0) is 38.8 Å². The van der Waals surface area contributed by atoms with Gasteiger partial charge in [-0.1, -0.05) is 12.1 Å². The van der Waals surface area contributed by atoms with Crippen LogP contribution < -0.4 is 4.74 Å². The zero-order chi connectivity index (χ0) is 20.0. The molecule has 0 fully saturated rings. The van der Waals surface area contributed by atoms with E-state index in [9.17, 15) is 0 Å². The van der Waals surface area contributed by atoms with Crippen LogP contribution in [0.15, 0.2) is 36.9 Å². The van der Waals surface area contributed by atoms with Gasteiger partial charge in [0.15, 0.2) is 5.65 Å². The van der Waals surface area contributed by atoms with Gasteiger partial charge in [-0.3, -0.25) is 9.08 Å². The van der Waals surface area contributed by atoms with Crippen molar-refractivity contribution in [2.24, 2.45) is 0 Å². The van der Waals surface area contributed by atoms with Crippen molar-refractivity contribution < 1.29 is 4.74 Å². The van der Waals surface area contributed by atoms with Crippen molar-refractivity contribution in [2.45, 2.75) is 46.1 Å². The molecule has 0 unspecified atom stereocenters. The van der Waals surface area contributed by atoms with Crippen LogP contribution in [0.25, 0.3) is 16.8 Å². The number of hydrogen-bond acceptors (Lipinski definition) is 5. The van der Waals surface area contributed by atoms with Crippen molar-refractivity contribution >= 4 is 5.65 Å². The Hall–Kier alpha value is -3.22. The third-order valence-corrected chi connectivity index (χ3v) is 5.60. The van der Waals surface area contributed by atoms with Crippen LogP contribution in [0.1, 0.15) is 42.5 Å². The summed E-state index contributed by atoms with van der Waals surface area (Å²) in [6.45, 7) is 7.04. The summed E-state index contributed by atoms with van der Waals surface area (Å²) >= 11 is 0. The lowest BCUT2D eigenvalue weighted by atomic mass is 10.0. The monoisotopic (exact) mass is 388 g/mol. The molecule has 0 aliphatic carbocycles. The van der Waals surface area contributed by atoms with Gasteiger partial charge in [-0.25, -0.2) is 4.98 Å². The van der Waals surface area contributed by atoms with Gasteiger partial charge in [0, 0.05) is 48.0 Å². The molecule has 5 rings (SSSR count). The van der Waals surface area contributed by atoms with E-state index >= 15 is 0 Å². The van der Waals surface area contributed by atoms with Crippen LogP contribution in [0, 0.1) is 6.92 Å². The van der Waals surface area contributed by atoms with Crippen LogP contribution in [0.3, 0.4) is 0 Å². The number of rotatable bonds is 5. The Labute approximate surface area is 169 Å². The maximum absolute atomic E-state index is 5.69. The highest BCUT2D eigenvalue weighted by Crippen LogP contribution is 2.30. The van der Waals surface area contributed by atoms with Gasteiger partial charge in [-0.2, -0.15) is 5.10 Å². The largest absolute Gasteiger partial charge is 0.493 e. The lowest BCUT2D eigenvalue weighted by molar-refractivity contribution is 0.357. The van der Waals surface area contributed by atoms with Gasteiger partial charge in [-0.15, -0.1) is 10.2 Å². The first-order valence-corrected chi connectivity index (χ1v) is 10.1. The van der Waals surface area contributed by atoms with Crippen molar-refractivity contribution in [1.29, 1.82) is 0 Å². The summed E-state index contributed by atoms with van der Waals surface area (Å²) in [5, 5.41) is 13.2. The molecule has 29 heavy (non-hydrogen) atoms. The second-order valence-corrected chi connectivity index (χ2v) is 7.81. The van der Waals surface area contributed by atoms with E-state index in [0.29, 0.717) is 6.04 Å². The SMILES string of the molecule is Cc1nn(C(C)C)cc1-c1cnc(CCc2cccc3c2CCO3)n2cnnc12. The molecule has 0 saturated carbocycles. The molecule has 7 heteroatoms. The van der Waals surface area contributed by atoms with Gasteiger partial charge in [0.1, 0.15) is 17.9 Å². The summed E-state index contributed by atoms with van der Waals surface area (Å²) in [7, 11) is 0. The fraction of sp³-hybridized carbons (Fsp3) is 0.364. The second-order valence-electron chi connectivity index (χ2n) is 7.81. The predicted molar refractivity (Wildman–Crippen MR) is 110 cm³/mol. The van der Waals surface area contributed by atoms with Crippen LogP contribution in [0.2, 0.25) is 0 Å². The summed E-state index contributed by atoms with van der Waals surface area (Å²) in [5.74, 6) is 1.98. The third kappa shape index (κ3) is 3.06. The molecule has 7 nitrogen and oxygen atoms in total. The number of fused-ring (bicyclic) bond motifs is 2. The minimum Gasteiger partial charge on any atom is -0.493 e. The quantitative estimate of drug-likeness (QED) is 0.522. The van der Waals surface area contributed by atoms with Crippen molar-refractivity contribution in [2.75, 3.05) is 6.61 Å². The lowest BCUT2D eigenvalue weighted by Gasteiger charge is -2.09. The number of ether oxygens (including phenoxy) is 1. The van der Waals surface area contributed by atoms with Crippen molar-refractivity contribution in [3.63, 3.8) is 0 Å². The maximum Gasteiger partial charge on any atom is 0.171 e. The standard InChI is InChI=1S/C22H24N6O/c1-14(2)28-12-19(15(3)26-28)18-11-23-21(27-13-24-25-22(18)27)8-7-16-5-4-6-20-17(16)9-10-29-20/h4-6,11-14H,7-10H2,1-3H3. The summed E-state index contributed by atoms with van der Waals surface area (Å²) in [4.78, 5) is 4.77. The Morgan fingerprint density at radius 3 is 2.90 bits per heavy atom. The molecule has 1 aliphatic heterocycles. The van der Waals surface area contributed by atoms with Crippen LogP contribution >= 0.6 is 0 Å². The Bertz CT molecular complexity index is 1190. The van der Waals surface area contributed by atoms with Crippen molar-refractivity contribution in [3.8, 4) is 16.9 Å². The summed E-state index contributed by atoms with van der Waals surface area (Å²) in [6, 6.07) is 6.62. The Balaban J connectivity index is 1.48. The normalized spacial score (nSPS) is 13.2. The average molecular weight is 388 g/mol. The number of nitrogens with zero attached hydrogens (tertiary/aromatic N) is 6. The van der Waals surface area contributed by atoms with Gasteiger partial charge in [0.2, 0.25) is 0 Å². The predicted octanol–water partition coefficient (Wildman–Crippen LogP) is 3.60. The van der Waals surface area contributed by atoms with Crippen LogP contribution in [0.5, 0.6) is 5.75 Å². The first-order valence-electron chi connectivity index (χ1n) is 10.1. The third-order valence-electron chi connectivity index (χ3n) is 5.60. The molecule has 4 aromatic rings. The maximum atomic E-state index is 5.69. The molecule has 1 aliphatic rings. The molecule has 148 valence electrons. The Morgan fingerprint density at radius 2 is 2.07 bits per heavy atom. The topological polar surface area (TPSA) is 70.1 Å². The van der Waals surface area contributed by atoms with E-state index in [4.69, 9.17) is 9.72 Å². The molecule has 4 heterocycles. The molecule has 0 spiro atoms. The Kier molecular flexibility index (Phi) is 4.30. The molecule has 1 aromatic carbocycles. The van der Waals surface area contributed by atoms with Crippen molar-refractivity contribution in [1.82, 2.24) is 29.4 Å². The minimum atomic E-state index is 0.306. The van der Waals surface area contributed by atoms with Crippen molar-refractivity contribution in [3.05, 3.63) is 59.6 Å².